The van der Waals surface area contributed by atoms with Gasteiger partial charge in [0.15, 0.2) is 0 Å². The summed E-state index contributed by atoms with van der Waals surface area (Å²) >= 11 is 0. The number of unbranched alkanes of at least 4 members (excludes halogenated alkanes) is 2. The highest BCUT2D eigenvalue weighted by Gasteiger charge is 2.36. The number of hydrogen-bond donors (Lipinski definition) is 1. The number of phenols is 1. The number of epoxide rings is 1. The molecule has 0 radical (unpaired) electrons. The maximum absolute atomic E-state index is 12.8. The van der Waals surface area contributed by atoms with Crippen LogP contribution in [-0.2, 0) is 15.9 Å². The quantitative estimate of drug-likeness (QED) is 0.132. The Labute approximate surface area is 198 Å². The van der Waals surface area contributed by atoms with Gasteiger partial charge in [-0.25, -0.2) is 4.79 Å². The lowest BCUT2D eigenvalue weighted by molar-refractivity contribution is 0.0000699. The summed E-state index contributed by atoms with van der Waals surface area (Å²) in [6.45, 7) is 14.9. The highest BCUT2D eigenvalue weighted by atomic mass is 16.7. The van der Waals surface area contributed by atoms with Crippen LogP contribution in [0.4, 0.5) is 4.79 Å². The summed E-state index contributed by atoms with van der Waals surface area (Å²) in [6, 6.07) is 3.72. The highest BCUT2D eigenvalue weighted by Crippen LogP contribution is 2.47. The Bertz CT molecular complexity index is 894. The fourth-order valence-electron chi connectivity index (χ4n) is 4.83. The van der Waals surface area contributed by atoms with Gasteiger partial charge < -0.3 is 19.3 Å². The number of benzene rings is 1. The van der Waals surface area contributed by atoms with E-state index in [0.717, 1.165) is 49.7 Å². The molecule has 1 aliphatic heterocycles. The van der Waals surface area contributed by atoms with Gasteiger partial charge in [-0.1, -0.05) is 43.6 Å². The molecule has 182 valence electrons. The van der Waals surface area contributed by atoms with Gasteiger partial charge in [-0.2, -0.15) is 0 Å². The highest BCUT2D eigenvalue weighted by molar-refractivity contribution is 5.67. The van der Waals surface area contributed by atoms with Gasteiger partial charge in [0, 0.05) is 17.9 Å². The average molecular weight is 457 g/mol. The zero-order chi connectivity index (χ0) is 24.2. The van der Waals surface area contributed by atoms with E-state index in [1.54, 1.807) is 0 Å². The minimum absolute atomic E-state index is 0.100. The normalized spacial score (nSPS) is 22.5. The first-order valence-corrected chi connectivity index (χ1v) is 12.3. The number of carbonyl (C=O) groups is 1. The van der Waals surface area contributed by atoms with E-state index >= 15 is 0 Å². The van der Waals surface area contributed by atoms with Gasteiger partial charge in [0.2, 0.25) is 0 Å². The van der Waals surface area contributed by atoms with Gasteiger partial charge in [0.1, 0.15) is 17.1 Å². The molecule has 1 aliphatic carbocycles. The number of aromatic hydroxyl groups is 1. The summed E-state index contributed by atoms with van der Waals surface area (Å²) in [5.74, 6) is 0.621. The molecule has 1 saturated heterocycles. The first-order chi connectivity index (χ1) is 15.6. The Morgan fingerprint density at radius 2 is 2.03 bits per heavy atom. The van der Waals surface area contributed by atoms with Crippen molar-refractivity contribution in [3.63, 3.8) is 0 Å². The van der Waals surface area contributed by atoms with Gasteiger partial charge in [-0.15, -0.1) is 0 Å². The molecule has 3 rings (SSSR count). The summed E-state index contributed by atoms with van der Waals surface area (Å²) in [7, 11) is 0. The first-order valence-electron chi connectivity index (χ1n) is 12.3. The molecule has 0 aromatic heterocycles. The number of phenolic OH excluding ortho intramolecular Hbond substituents is 1. The molecule has 5 nitrogen and oxygen atoms in total. The number of allylic oxidation sites excluding steroid dienone is 3. The van der Waals surface area contributed by atoms with Crippen molar-refractivity contribution in [3.8, 4) is 11.5 Å². The fourth-order valence-corrected chi connectivity index (χ4v) is 4.83. The molecule has 0 saturated carbocycles. The number of ether oxygens (including phenoxy) is 3. The molecule has 1 unspecified atom stereocenters. The van der Waals surface area contributed by atoms with Crippen LogP contribution in [0, 0.1) is 5.92 Å². The van der Waals surface area contributed by atoms with Crippen molar-refractivity contribution in [2.75, 3.05) is 6.61 Å². The van der Waals surface area contributed by atoms with Gasteiger partial charge in [-0.3, -0.25) is 0 Å². The molecule has 1 aromatic rings. The van der Waals surface area contributed by atoms with E-state index in [-0.39, 0.29) is 23.7 Å². The first kappa shape index (κ1) is 25.4. The molecule has 1 N–H and O–H groups in total. The van der Waals surface area contributed by atoms with E-state index in [9.17, 15) is 9.90 Å². The third-order valence-corrected chi connectivity index (χ3v) is 6.64. The Kier molecular flexibility index (Phi) is 8.28. The molecular formula is C28H40O5. The molecule has 0 amide bonds. The number of carbonyl (C=O) groups excluding carboxylic acids is 1. The zero-order valence-corrected chi connectivity index (χ0v) is 20.9. The van der Waals surface area contributed by atoms with Crippen LogP contribution in [0.3, 0.4) is 0 Å². The van der Waals surface area contributed by atoms with Crippen LogP contribution in [0.2, 0.25) is 0 Å². The van der Waals surface area contributed by atoms with Crippen LogP contribution < -0.4 is 4.74 Å². The summed E-state index contributed by atoms with van der Waals surface area (Å²) in [4.78, 5) is 12.8. The molecule has 1 aromatic carbocycles. The molecule has 0 bridgehead atoms. The lowest BCUT2D eigenvalue weighted by Crippen LogP contribution is -2.31. The van der Waals surface area contributed by atoms with Gasteiger partial charge in [-0.05, 0) is 77.0 Å². The van der Waals surface area contributed by atoms with Crippen molar-refractivity contribution < 1.29 is 24.1 Å². The smallest absolute Gasteiger partial charge is 0.507 e. The van der Waals surface area contributed by atoms with E-state index in [4.69, 9.17) is 14.2 Å². The van der Waals surface area contributed by atoms with Crippen LogP contribution in [0.25, 0.3) is 0 Å². The van der Waals surface area contributed by atoms with E-state index < -0.39 is 11.8 Å². The van der Waals surface area contributed by atoms with Crippen LogP contribution in [0.15, 0.2) is 35.9 Å². The fraction of sp³-hybridized carbons (Fsp3) is 0.607. The molecule has 2 aliphatic rings. The summed E-state index contributed by atoms with van der Waals surface area (Å²) < 4.78 is 16.7. The van der Waals surface area contributed by atoms with E-state index in [0.29, 0.717) is 24.3 Å². The van der Waals surface area contributed by atoms with Crippen LogP contribution in [0.5, 0.6) is 11.5 Å². The minimum atomic E-state index is -0.754. The average Bonchev–Trinajstić information content (AvgIpc) is 3.50. The predicted molar refractivity (Wildman–Crippen MR) is 131 cm³/mol. The minimum Gasteiger partial charge on any atom is -0.507 e. The second kappa shape index (κ2) is 10.8. The third kappa shape index (κ3) is 7.10. The monoisotopic (exact) mass is 456 g/mol. The Morgan fingerprint density at radius 3 is 2.67 bits per heavy atom. The molecule has 33 heavy (non-hydrogen) atoms. The van der Waals surface area contributed by atoms with Crippen molar-refractivity contribution >= 4 is 6.16 Å². The summed E-state index contributed by atoms with van der Waals surface area (Å²) in [5.41, 5.74) is 3.24. The topological polar surface area (TPSA) is 68.3 Å². The van der Waals surface area contributed by atoms with Gasteiger partial charge in [0.05, 0.1) is 12.7 Å². The van der Waals surface area contributed by atoms with Gasteiger partial charge in [0.25, 0.3) is 0 Å². The Morgan fingerprint density at radius 1 is 1.30 bits per heavy atom. The molecule has 5 heteroatoms. The molecule has 1 fully saturated rings. The maximum Gasteiger partial charge on any atom is 0.514 e. The number of hydrogen-bond acceptors (Lipinski definition) is 5. The lowest BCUT2D eigenvalue weighted by atomic mass is 9.73. The molecule has 3 atom stereocenters. The summed E-state index contributed by atoms with van der Waals surface area (Å²) in [6.07, 6.45) is 8.22. The van der Waals surface area contributed by atoms with Crippen LogP contribution in [-0.4, -0.2) is 29.6 Å². The predicted octanol–water partition coefficient (Wildman–Crippen LogP) is 7.22. The second-order valence-electron chi connectivity index (χ2n) is 10.4. The summed E-state index contributed by atoms with van der Waals surface area (Å²) in [5, 5.41) is 11.1. The van der Waals surface area contributed by atoms with Crippen molar-refractivity contribution in [1.82, 2.24) is 0 Å². The largest absolute Gasteiger partial charge is 0.514 e. The van der Waals surface area contributed by atoms with Crippen molar-refractivity contribution in [2.24, 2.45) is 5.92 Å². The molecule has 0 spiro atoms. The van der Waals surface area contributed by atoms with E-state index in [1.807, 2.05) is 32.9 Å². The zero-order valence-electron chi connectivity index (χ0n) is 20.9. The molecular weight excluding hydrogens is 416 g/mol. The lowest BCUT2D eigenvalue weighted by Gasteiger charge is -2.32. The number of aryl methyl sites for hydroxylation is 1. The molecule has 1 heterocycles. The second-order valence-corrected chi connectivity index (χ2v) is 10.4. The standard InChI is InChI=1S/C28H40O5/c1-7-8-9-10-20-14-24(29)26(23-13-19(4)11-12-22(23)18(2)3)25(15-20)32-27(30)33-28(5,6)16-21-17-31-21/h13-15,21-23,29H,2,7-12,16-17H2,1,3-6H3/t21?,22-,23+/m0/s1. The van der Waals surface area contributed by atoms with Gasteiger partial charge >= 0.3 is 6.16 Å². The number of rotatable bonds is 10. The van der Waals surface area contributed by atoms with Crippen LogP contribution in [0.1, 0.15) is 90.2 Å². The Balaban J connectivity index is 1.92. The van der Waals surface area contributed by atoms with E-state index in [1.165, 1.54) is 5.57 Å². The van der Waals surface area contributed by atoms with Crippen molar-refractivity contribution in [1.29, 1.82) is 0 Å². The van der Waals surface area contributed by atoms with Crippen LogP contribution >= 0.6 is 0 Å². The maximum atomic E-state index is 12.8. The van der Waals surface area contributed by atoms with Crippen molar-refractivity contribution in [2.45, 2.75) is 97.2 Å². The third-order valence-electron chi connectivity index (χ3n) is 6.64. The Hall–Kier alpha value is -2.27. The van der Waals surface area contributed by atoms with E-state index in [2.05, 4.69) is 26.5 Å². The SMILES string of the molecule is C=C(C)[C@@H]1CCC(C)=C[C@H]1c1c(O)cc(CCCCC)cc1OC(=O)OC(C)(C)CC1CO1. The van der Waals surface area contributed by atoms with Crippen molar-refractivity contribution in [3.05, 3.63) is 47.1 Å².